The van der Waals surface area contributed by atoms with Crippen molar-refractivity contribution in [3.63, 3.8) is 0 Å². The number of aryl methyl sites for hydroxylation is 1. The Hall–Kier alpha value is -1.57. The van der Waals surface area contributed by atoms with Crippen LogP contribution in [0.1, 0.15) is 42.2 Å². The number of nitrogens with one attached hydrogen (secondary N) is 1. The molecule has 0 unspecified atom stereocenters. The number of carbonyl (C=O) groups is 1. The molecule has 0 saturated carbocycles. The summed E-state index contributed by atoms with van der Waals surface area (Å²) in [6.07, 6.45) is -0.380. The molecule has 1 N–H and O–H groups in total. The summed E-state index contributed by atoms with van der Waals surface area (Å²) in [5.74, 6) is -0.0412. The van der Waals surface area contributed by atoms with Crippen molar-refractivity contribution < 1.29 is 18.0 Å². The predicted octanol–water partition coefficient (Wildman–Crippen LogP) is 2.29. The SMILES string of the molecule is C[C@H]1CCCN(CCCNC(=O)c2cn(C)nc2C(F)(F)F)C1. The van der Waals surface area contributed by atoms with Crippen LogP contribution in [-0.2, 0) is 13.2 Å². The standard InChI is InChI=1S/C15H23F3N4O/c1-11-5-3-7-22(9-11)8-4-6-19-14(23)12-10-21(2)20-13(12)15(16,17)18/h10-11H,3-9H2,1-2H3,(H,19,23)/t11-/m0/s1. The lowest BCUT2D eigenvalue weighted by Crippen LogP contribution is -2.36. The average molecular weight is 332 g/mol. The maximum Gasteiger partial charge on any atom is 0.435 e. The number of rotatable bonds is 5. The first-order chi connectivity index (χ1) is 10.8. The second kappa shape index (κ2) is 7.33. The Morgan fingerprint density at radius 3 is 2.87 bits per heavy atom. The monoisotopic (exact) mass is 332 g/mol. The molecule has 0 spiro atoms. The van der Waals surface area contributed by atoms with Gasteiger partial charge in [-0.05, 0) is 38.3 Å². The third-order valence-corrected chi connectivity index (χ3v) is 4.02. The second-order valence-electron chi connectivity index (χ2n) is 6.22. The molecule has 1 fully saturated rings. The minimum Gasteiger partial charge on any atom is -0.352 e. The molecule has 8 heteroatoms. The molecule has 1 aromatic heterocycles. The fraction of sp³-hybridized carbons (Fsp3) is 0.733. The largest absolute Gasteiger partial charge is 0.435 e. The normalized spacial score (nSPS) is 19.8. The number of likely N-dealkylation sites (tertiary alicyclic amines) is 1. The topological polar surface area (TPSA) is 50.2 Å². The molecule has 2 rings (SSSR count). The van der Waals surface area contributed by atoms with Gasteiger partial charge in [-0.15, -0.1) is 0 Å². The number of halogens is 3. The van der Waals surface area contributed by atoms with Crippen LogP contribution in [0.4, 0.5) is 13.2 Å². The van der Waals surface area contributed by atoms with Crippen LogP contribution in [0.3, 0.4) is 0 Å². The molecule has 1 saturated heterocycles. The fourth-order valence-electron chi connectivity index (χ4n) is 2.95. The van der Waals surface area contributed by atoms with Crippen molar-refractivity contribution in [3.05, 3.63) is 17.5 Å². The van der Waals surface area contributed by atoms with Crippen molar-refractivity contribution in [3.8, 4) is 0 Å². The maximum atomic E-state index is 12.8. The van der Waals surface area contributed by atoms with Crippen LogP contribution in [0.2, 0.25) is 0 Å². The molecular weight excluding hydrogens is 309 g/mol. The van der Waals surface area contributed by atoms with Gasteiger partial charge in [-0.2, -0.15) is 18.3 Å². The van der Waals surface area contributed by atoms with E-state index in [9.17, 15) is 18.0 Å². The summed E-state index contributed by atoms with van der Waals surface area (Å²) in [4.78, 5) is 14.3. The zero-order chi connectivity index (χ0) is 17.0. The maximum absolute atomic E-state index is 12.8. The van der Waals surface area contributed by atoms with Gasteiger partial charge in [0.2, 0.25) is 0 Å². The first-order valence-electron chi connectivity index (χ1n) is 7.88. The lowest BCUT2D eigenvalue weighted by molar-refractivity contribution is -0.141. The number of piperidine rings is 1. The quantitative estimate of drug-likeness (QED) is 0.842. The molecule has 0 radical (unpaired) electrons. The highest BCUT2D eigenvalue weighted by atomic mass is 19.4. The van der Waals surface area contributed by atoms with E-state index in [0.29, 0.717) is 12.5 Å². The molecule has 5 nitrogen and oxygen atoms in total. The van der Waals surface area contributed by atoms with Crippen LogP contribution in [0.15, 0.2) is 6.20 Å². The van der Waals surface area contributed by atoms with E-state index in [4.69, 9.17) is 0 Å². The lowest BCUT2D eigenvalue weighted by Gasteiger charge is -2.30. The Bertz CT molecular complexity index is 541. The number of hydrogen-bond acceptors (Lipinski definition) is 3. The molecule has 0 aromatic carbocycles. The van der Waals surface area contributed by atoms with Crippen molar-refractivity contribution in [2.75, 3.05) is 26.2 Å². The molecule has 0 bridgehead atoms. The van der Waals surface area contributed by atoms with Gasteiger partial charge in [0.05, 0.1) is 5.56 Å². The van der Waals surface area contributed by atoms with Crippen LogP contribution in [0, 0.1) is 5.92 Å². The average Bonchev–Trinajstić information content (AvgIpc) is 2.86. The summed E-state index contributed by atoms with van der Waals surface area (Å²) in [7, 11) is 1.36. The highest BCUT2D eigenvalue weighted by Gasteiger charge is 2.38. The summed E-state index contributed by atoms with van der Waals surface area (Å²) in [6.45, 7) is 5.53. The smallest absolute Gasteiger partial charge is 0.352 e. The summed E-state index contributed by atoms with van der Waals surface area (Å²) in [5.41, 5.74) is -1.56. The Morgan fingerprint density at radius 1 is 1.48 bits per heavy atom. The first kappa shape index (κ1) is 17.8. The van der Waals surface area contributed by atoms with Crippen LogP contribution >= 0.6 is 0 Å². The van der Waals surface area contributed by atoms with Crippen molar-refractivity contribution in [1.29, 1.82) is 0 Å². The zero-order valence-corrected chi connectivity index (χ0v) is 13.5. The summed E-state index contributed by atoms with van der Waals surface area (Å²) < 4.78 is 39.5. The van der Waals surface area contributed by atoms with E-state index in [1.807, 2.05) is 0 Å². The van der Waals surface area contributed by atoms with Gasteiger partial charge in [0.15, 0.2) is 5.69 Å². The second-order valence-corrected chi connectivity index (χ2v) is 6.22. The highest BCUT2D eigenvalue weighted by molar-refractivity contribution is 5.95. The van der Waals surface area contributed by atoms with Crippen LogP contribution < -0.4 is 5.32 Å². The van der Waals surface area contributed by atoms with Gasteiger partial charge in [0, 0.05) is 26.3 Å². The minimum atomic E-state index is -4.63. The number of aromatic nitrogens is 2. The van der Waals surface area contributed by atoms with Gasteiger partial charge >= 0.3 is 6.18 Å². The van der Waals surface area contributed by atoms with Crippen molar-refractivity contribution in [2.45, 2.75) is 32.4 Å². The van der Waals surface area contributed by atoms with E-state index in [1.54, 1.807) is 0 Å². The van der Waals surface area contributed by atoms with E-state index in [-0.39, 0.29) is 0 Å². The summed E-state index contributed by atoms with van der Waals surface area (Å²) in [5, 5.41) is 5.89. The molecular formula is C15H23F3N4O. The van der Waals surface area contributed by atoms with Gasteiger partial charge in [-0.1, -0.05) is 6.92 Å². The van der Waals surface area contributed by atoms with Gasteiger partial charge < -0.3 is 10.2 Å². The molecule has 130 valence electrons. The number of hydrogen-bond donors (Lipinski definition) is 1. The van der Waals surface area contributed by atoms with E-state index >= 15 is 0 Å². The molecule has 23 heavy (non-hydrogen) atoms. The van der Waals surface area contributed by atoms with E-state index < -0.39 is 23.3 Å². The molecule has 1 aromatic rings. The Kier molecular flexibility index (Phi) is 5.67. The predicted molar refractivity (Wildman–Crippen MR) is 80.0 cm³/mol. The Morgan fingerprint density at radius 2 is 2.22 bits per heavy atom. The van der Waals surface area contributed by atoms with Gasteiger partial charge in [-0.25, -0.2) is 0 Å². The molecule has 1 amide bonds. The Labute approximate surface area is 133 Å². The third kappa shape index (κ3) is 4.95. The molecule has 1 atom stereocenters. The van der Waals surface area contributed by atoms with Gasteiger partial charge in [0.25, 0.3) is 5.91 Å². The molecule has 2 heterocycles. The lowest BCUT2D eigenvalue weighted by atomic mass is 10.0. The highest BCUT2D eigenvalue weighted by Crippen LogP contribution is 2.30. The number of carbonyl (C=O) groups excluding carboxylic acids is 1. The van der Waals surface area contributed by atoms with E-state index in [1.165, 1.54) is 19.9 Å². The van der Waals surface area contributed by atoms with E-state index in [0.717, 1.165) is 36.9 Å². The van der Waals surface area contributed by atoms with Crippen LogP contribution in [0.25, 0.3) is 0 Å². The number of amides is 1. The first-order valence-corrected chi connectivity index (χ1v) is 7.88. The van der Waals surface area contributed by atoms with E-state index in [2.05, 4.69) is 22.2 Å². The van der Waals surface area contributed by atoms with Crippen molar-refractivity contribution >= 4 is 5.91 Å². The number of alkyl halides is 3. The third-order valence-electron chi connectivity index (χ3n) is 4.02. The van der Waals surface area contributed by atoms with Crippen molar-refractivity contribution in [2.24, 2.45) is 13.0 Å². The van der Waals surface area contributed by atoms with Gasteiger partial charge in [-0.3, -0.25) is 9.48 Å². The summed E-state index contributed by atoms with van der Waals surface area (Å²) in [6, 6.07) is 0. The van der Waals surface area contributed by atoms with Gasteiger partial charge in [0.1, 0.15) is 0 Å². The van der Waals surface area contributed by atoms with Crippen LogP contribution in [-0.4, -0.2) is 46.8 Å². The zero-order valence-electron chi connectivity index (χ0n) is 13.5. The minimum absolute atomic E-state index is 0.357. The Balaban J connectivity index is 1.81. The molecule has 1 aliphatic rings. The molecule has 0 aliphatic carbocycles. The summed E-state index contributed by atoms with van der Waals surface area (Å²) >= 11 is 0. The fourth-order valence-corrected chi connectivity index (χ4v) is 2.95. The van der Waals surface area contributed by atoms with Crippen molar-refractivity contribution in [1.82, 2.24) is 20.0 Å². The molecule has 1 aliphatic heterocycles. The van der Waals surface area contributed by atoms with Crippen LogP contribution in [0.5, 0.6) is 0 Å². The number of nitrogens with zero attached hydrogens (tertiary/aromatic N) is 3.